The van der Waals surface area contributed by atoms with Gasteiger partial charge in [-0.15, -0.1) is 0 Å². The van der Waals surface area contributed by atoms with Crippen molar-refractivity contribution in [3.8, 4) is 5.75 Å². The van der Waals surface area contributed by atoms with E-state index in [-0.39, 0.29) is 0 Å². The Bertz CT molecular complexity index is 310. The topological polar surface area (TPSA) is 44.5 Å². The molecule has 0 atom stereocenters. The fourth-order valence-corrected chi connectivity index (χ4v) is 1.29. The van der Waals surface area contributed by atoms with Crippen molar-refractivity contribution in [2.24, 2.45) is 0 Å². The Hall–Kier alpha value is -1.22. The molecule has 84 valence electrons. The fourth-order valence-electron chi connectivity index (χ4n) is 1.29. The second-order valence-electron chi connectivity index (χ2n) is 3.79. The number of rotatable bonds is 5. The Morgan fingerprint density at radius 3 is 2.53 bits per heavy atom. The minimum absolute atomic E-state index is 0.486. The van der Waals surface area contributed by atoms with Crippen LogP contribution in [0.15, 0.2) is 18.2 Å². The quantitative estimate of drug-likeness (QED) is 0.598. The van der Waals surface area contributed by atoms with Crippen LogP contribution in [0.1, 0.15) is 25.3 Å². The Labute approximate surface area is 91.2 Å². The van der Waals surface area contributed by atoms with Gasteiger partial charge in [0.05, 0.1) is 12.3 Å². The number of hydrogen-bond acceptors (Lipinski definition) is 3. The summed E-state index contributed by atoms with van der Waals surface area (Å²) in [5.41, 5.74) is 7.80. The van der Waals surface area contributed by atoms with Crippen molar-refractivity contribution in [3.05, 3.63) is 23.8 Å². The van der Waals surface area contributed by atoms with Crippen LogP contribution >= 0.6 is 0 Å². The number of methoxy groups -OCH3 is 1. The lowest BCUT2D eigenvalue weighted by molar-refractivity contribution is 0.146. The summed E-state index contributed by atoms with van der Waals surface area (Å²) in [6, 6.07) is 5.93. The van der Waals surface area contributed by atoms with Gasteiger partial charge in [-0.1, -0.05) is 19.9 Å². The van der Waals surface area contributed by atoms with Crippen LogP contribution in [0.5, 0.6) is 5.75 Å². The van der Waals surface area contributed by atoms with E-state index in [2.05, 4.69) is 13.8 Å². The van der Waals surface area contributed by atoms with Gasteiger partial charge < -0.3 is 15.2 Å². The van der Waals surface area contributed by atoms with E-state index < -0.39 is 0 Å². The van der Waals surface area contributed by atoms with Crippen molar-refractivity contribution in [2.75, 3.05) is 26.1 Å². The molecule has 0 amide bonds. The molecule has 0 aliphatic carbocycles. The minimum Gasteiger partial charge on any atom is -0.489 e. The van der Waals surface area contributed by atoms with E-state index in [4.69, 9.17) is 15.2 Å². The van der Waals surface area contributed by atoms with Crippen LogP contribution in [0.3, 0.4) is 0 Å². The smallest absolute Gasteiger partial charge is 0.142 e. The van der Waals surface area contributed by atoms with Gasteiger partial charge in [0, 0.05) is 7.11 Å². The van der Waals surface area contributed by atoms with Crippen molar-refractivity contribution in [1.29, 1.82) is 0 Å². The van der Waals surface area contributed by atoms with E-state index in [0.717, 1.165) is 5.75 Å². The van der Waals surface area contributed by atoms with Gasteiger partial charge in [0.15, 0.2) is 0 Å². The maximum absolute atomic E-state index is 5.88. The Morgan fingerprint density at radius 2 is 2.00 bits per heavy atom. The number of benzene rings is 1. The normalized spacial score (nSPS) is 10.7. The third-order valence-electron chi connectivity index (χ3n) is 2.25. The van der Waals surface area contributed by atoms with Gasteiger partial charge >= 0.3 is 0 Å². The molecule has 0 heterocycles. The molecule has 3 nitrogen and oxygen atoms in total. The molecular weight excluding hydrogens is 190 g/mol. The molecule has 1 rings (SSSR count). The summed E-state index contributed by atoms with van der Waals surface area (Å²) < 4.78 is 10.4. The van der Waals surface area contributed by atoms with Crippen LogP contribution in [-0.2, 0) is 4.74 Å². The highest BCUT2D eigenvalue weighted by Gasteiger charge is 2.04. The first-order valence-corrected chi connectivity index (χ1v) is 5.16. The standard InChI is InChI=1S/C12H19NO2/c1-9(2)10-4-5-12(11(13)8-10)15-7-6-14-3/h4-5,8-9H,6-7,13H2,1-3H3. The van der Waals surface area contributed by atoms with Crippen LogP contribution in [0.4, 0.5) is 5.69 Å². The van der Waals surface area contributed by atoms with Gasteiger partial charge in [0.1, 0.15) is 12.4 Å². The molecule has 0 fully saturated rings. The first kappa shape index (κ1) is 11.9. The predicted octanol–water partition coefficient (Wildman–Crippen LogP) is 2.42. The average molecular weight is 209 g/mol. The van der Waals surface area contributed by atoms with Crippen molar-refractivity contribution in [1.82, 2.24) is 0 Å². The van der Waals surface area contributed by atoms with Gasteiger partial charge in [-0.05, 0) is 23.6 Å². The zero-order chi connectivity index (χ0) is 11.3. The second-order valence-corrected chi connectivity index (χ2v) is 3.79. The highest BCUT2D eigenvalue weighted by Crippen LogP contribution is 2.26. The molecular formula is C12H19NO2. The number of anilines is 1. The first-order valence-electron chi connectivity index (χ1n) is 5.16. The van der Waals surface area contributed by atoms with Crippen LogP contribution in [0.25, 0.3) is 0 Å². The summed E-state index contributed by atoms with van der Waals surface area (Å²) in [5, 5.41) is 0. The van der Waals surface area contributed by atoms with Crippen LogP contribution < -0.4 is 10.5 Å². The third-order valence-corrected chi connectivity index (χ3v) is 2.25. The lowest BCUT2D eigenvalue weighted by Gasteiger charge is -2.11. The lowest BCUT2D eigenvalue weighted by atomic mass is 10.0. The van der Waals surface area contributed by atoms with Crippen molar-refractivity contribution >= 4 is 5.69 Å². The summed E-state index contributed by atoms with van der Waals surface area (Å²) >= 11 is 0. The molecule has 2 N–H and O–H groups in total. The van der Waals surface area contributed by atoms with Crippen LogP contribution in [0.2, 0.25) is 0 Å². The zero-order valence-corrected chi connectivity index (χ0v) is 9.62. The highest BCUT2D eigenvalue weighted by atomic mass is 16.5. The van der Waals surface area contributed by atoms with E-state index in [9.17, 15) is 0 Å². The number of ether oxygens (including phenoxy) is 2. The number of nitrogens with two attached hydrogens (primary N) is 1. The molecule has 1 aromatic rings. The Kier molecular flexibility index (Phi) is 4.43. The van der Waals surface area contributed by atoms with Crippen molar-refractivity contribution < 1.29 is 9.47 Å². The number of nitrogen functional groups attached to an aromatic ring is 1. The molecule has 0 radical (unpaired) electrons. The van der Waals surface area contributed by atoms with Gasteiger partial charge in [-0.3, -0.25) is 0 Å². The average Bonchev–Trinajstić information content (AvgIpc) is 2.20. The van der Waals surface area contributed by atoms with Gasteiger partial charge in [0.25, 0.3) is 0 Å². The summed E-state index contributed by atoms with van der Waals surface area (Å²) in [5.74, 6) is 1.22. The van der Waals surface area contributed by atoms with Crippen molar-refractivity contribution in [3.63, 3.8) is 0 Å². The molecule has 0 bridgehead atoms. The van der Waals surface area contributed by atoms with Gasteiger partial charge in [-0.25, -0.2) is 0 Å². The van der Waals surface area contributed by atoms with E-state index >= 15 is 0 Å². The second kappa shape index (κ2) is 5.61. The van der Waals surface area contributed by atoms with Crippen LogP contribution in [0, 0.1) is 0 Å². The molecule has 1 aromatic carbocycles. The molecule has 0 aliphatic heterocycles. The molecule has 0 saturated carbocycles. The van der Waals surface area contributed by atoms with Crippen LogP contribution in [-0.4, -0.2) is 20.3 Å². The SMILES string of the molecule is COCCOc1ccc(C(C)C)cc1N. The number of hydrogen-bond donors (Lipinski definition) is 1. The van der Waals surface area contributed by atoms with E-state index in [1.807, 2.05) is 18.2 Å². The van der Waals surface area contributed by atoms with Gasteiger partial charge in [0.2, 0.25) is 0 Å². The predicted molar refractivity (Wildman–Crippen MR) is 62.3 cm³/mol. The Balaban J connectivity index is 2.66. The molecule has 0 unspecified atom stereocenters. The summed E-state index contributed by atoms with van der Waals surface area (Å²) in [4.78, 5) is 0. The first-order chi connectivity index (χ1) is 7.15. The summed E-state index contributed by atoms with van der Waals surface area (Å²) in [6.07, 6.45) is 0. The Morgan fingerprint density at radius 1 is 1.27 bits per heavy atom. The van der Waals surface area contributed by atoms with Crippen molar-refractivity contribution in [2.45, 2.75) is 19.8 Å². The molecule has 0 saturated heterocycles. The van der Waals surface area contributed by atoms with E-state index in [0.29, 0.717) is 24.8 Å². The van der Waals surface area contributed by atoms with Gasteiger partial charge in [-0.2, -0.15) is 0 Å². The van der Waals surface area contributed by atoms with E-state index in [1.165, 1.54) is 5.56 Å². The maximum atomic E-state index is 5.88. The largest absolute Gasteiger partial charge is 0.489 e. The molecule has 0 spiro atoms. The summed E-state index contributed by atoms with van der Waals surface area (Å²) in [6.45, 7) is 5.38. The zero-order valence-electron chi connectivity index (χ0n) is 9.62. The minimum atomic E-state index is 0.486. The maximum Gasteiger partial charge on any atom is 0.142 e. The summed E-state index contributed by atoms with van der Waals surface area (Å²) in [7, 11) is 1.65. The monoisotopic (exact) mass is 209 g/mol. The molecule has 0 aromatic heterocycles. The fraction of sp³-hybridized carbons (Fsp3) is 0.500. The van der Waals surface area contributed by atoms with E-state index in [1.54, 1.807) is 7.11 Å². The molecule has 15 heavy (non-hydrogen) atoms. The third kappa shape index (κ3) is 3.44. The lowest BCUT2D eigenvalue weighted by Crippen LogP contribution is -2.06. The molecule has 3 heteroatoms. The highest BCUT2D eigenvalue weighted by molar-refractivity contribution is 5.54. The molecule has 0 aliphatic rings.